The first kappa shape index (κ1) is 16.5. The SMILES string of the molecule is CN(Cc1ccc2c(c1)OCO2)Cc1cn[nH]c1-c1c(F)cccc1F. The van der Waals surface area contributed by atoms with Gasteiger partial charge in [0.2, 0.25) is 6.79 Å². The number of rotatable bonds is 5. The number of fused-ring (bicyclic) bond motifs is 1. The van der Waals surface area contributed by atoms with E-state index in [-0.39, 0.29) is 12.4 Å². The lowest BCUT2D eigenvalue weighted by atomic mass is 10.1. The van der Waals surface area contributed by atoms with Crippen molar-refractivity contribution in [3.8, 4) is 22.8 Å². The van der Waals surface area contributed by atoms with E-state index >= 15 is 0 Å². The van der Waals surface area contributed by atoms with Crippen molar-refractivity contribution in [1.29, 1.82) is 0 Å². The average molecular weight is 357 g/mol. The van der Waals surface area contributed by atoms with Crippen LogP contribution >= 0.6 is 0 Å². The molecule has 7 heteroatoms. The number of aromatic amines is 1. The number of H-pyrrole nitrogens is 1. The number of halogens is 2. The van der Waals surface area contributed by atoms with Crippen molar-refractivity contribution in [1.82, 2.24) is 15.1 Å². The molecule has 0 atom stereocenters. The summed E-state index contributed by atoms with van der Waals surface area (Å²) >= 11 is 0. The first-order valence-corrected chi connectivity index (χ1v) is 8.15. The van der Waals surface area contributed by atoms with E-state index < -0.39 is 11.6 Å². The molecular formula is C19H17F2N3O2. The van der Waals surface area contributed by atoms with E-state index in [4.69, 9.17) is 9.47 Å². The Hall–Kier alpha value is -2.93. The van der Waals surface area contributed by atoms with Gasteiger partial charge in [-0.1, -0.05) is 12.1 Å². The maximum absolute atomic E-state index is 14.1. The van der Waals surface area contributed by atoms with Gasteiger partial charge in [-0.3, -0.25) is 10.00 Å². The third-order valence-electron chi connectivity index (χ3n) is 4.26. The molecule has 1 aromatic heterocycles. The third kappa shape index (κ3) is 3.13. The maximum Gasteiger partial charge on any atom is 0.231 e. The van der Waals surface area contributed by atoms with Gasteiger partial charge in [0, 0.05) is 18.7 Å². The minimum absolute atomic E-state index is 0.0866. The van der Waals surface area contributed by atoms with Gasteiger partial charge in [0.1, 0.15) is 11.6 Å². The van der Waals surface area contributed by atoms with Crippen LogP contribution in [0, 0.1) is 11.6 Å². The smallest absolute Gasteiger partial charge is 0.231 e. The van der Waals surface area contributed by atoms with E-state index in [1.807, 2.05) is 30.1 Å². The molecule has 0 bridgehead atoms. The number of hydrogen-bond acceptors (Lipinski definition) is 4. The Morgan fingerprint density at radius 3 is 2.65 bits per heavy atom. The molecule has 5 nitrogen and oxygen atoms in total. The first-order valence-electron chi connectivity index (χ1n) is 8.15. The number of hydrogen-bond donors (Lipinski definition) is 1. The molecule has 0 saturated heterocycles. The molecule has 1 aliphatic rings. The van der Waals surface area contributed by atoms with Gasteiger partial charge in [-0.15, -0.1) is 0 Å². The fourth-order valence-corrected chi connectivity index (χ4v) is 3.08. The highest BCUT2D eigenvalue weighted by atomic mass is 19.1. The largest absolute Gasteiger partial charge is 0.454 e. The van der Waals surface area contributed by atoms with Gasteiger partial charge in [0.25, 0.3) is 0 Å². The molecule has 4 rings (SSSR count). The van der Waals surface area contributed by atoms with Crippen molar-refractivity contribution in [3.63, 3.8) is 0 Å². The summed E-state index contributed by atoms with van der Waals surface area (Å²) in [5.41, 5.74) is 2.05. The maximum atomic E-state index is 14.1. The molecule has 0 fully saturated rings. The Balaban J connectivity index is 1.52. The summed E-state index contributed by atoms with van der Waals surface area (Å²) in [6.45, 7) is 1.36. The van der Waals surface area contributed by atoms with Crippen molar-refractivity contribution in [3.05, 3.63) is 65.4 Å². The molecule has 0 saturated carbocycles. The quantitative estimate of drug-likeness (QED) is 0.756. The number of nitrogens with one attached hydrogen (secondary N) is 1. The van der Waals surface area contributed by atoms with Crippen LogP contribution in [0.15, 0.2) is 42.6 Å². The van der Waals surface area contributed by atoms with Crippen LogP contribution in [0.3, 0.4) is 0 Å². The van der Waals surface area contributed by atoms with Crippen LogP contribution < -0.4 is 9.47 Å². The van der Waals surface area contributed by atoms with Gasteiger partial charge in [0.05, 0.1) is 17.5 Å². The van der Waals surface area contributed by atoms with E-state index in [1.165, 1.54) is 18.2 Å². The number of aromatic nitrogens is 2. The summed E-state index contributed by atoms with van der Waals surface area (Å²) in [5, 5.41) is 6.68. The average Bonchev–Trinajstić information content (AvgIpc) is 3.24. The number of ether oxygens (including phenoxy) is 2. The van der Waals surface area contributed by atoms with Gasteiger partial charge < -0.3 is 9.47 Å². The Morgan fingerprint density at radius 1 is 1.08 bits per heavy atom. The van der Waals surface area contributed by atoms with Crippen LogP contribution in [0.1, 0.15) is 11.1 Å². The minimum atomic E-state index is -0.617. The Kier molecular flexibility index (Phi) is 4.30. The number of nitrogens with zero attached hydrogens (tertiary/aromatic N) is 2. The van der Waals surface area contributed by atoms with Crippen molar-refractivity contribution in [2.45, 2.75) is 13.1 Å². The Labute approximate surface area is 149 Å². The third-order valence-corrected chi connectivity index (χ3v) is 4.26. The first-order chi connectivity index (χ1) is 12.6. The molecule has 0 radical (unpaired) electrons. The molecule has 2 aromatic carbocycles. The van der Waals surface area contributed by atoms with Gasteiger partial charge in [0.15, 0.2) is 11.5 Å². The molecule has 0 amide bonds. The van der Waals surface area contributed by atoms with Crippen molar-refractivity contribution in [2.75, 3.05) is 13.8 Å². The predicted octanol–water partition coefficient (Wildman–Crippen LogP) is 3.72. The molecule has 3 aromatic rings. The molecule has 1 aliphatic heterocycles. The molecule has 0 spiro atoms. The normalized spacial score (nSPS) is 12.8. The van der Waals surface area contributed by atoms with Crippen LogP contribution in [-0.4, -0.2) is 28.9 Å². The topological polar surface area (TPSA) is 50.4 Å². The minimum Gasteiger partial charge on any atom is -0.454 e. The monoisotopic (exact) mass is 357 g/mol. The zero-order valence-electron chi connectivity index (χ0n) is 14.1. The standard InChI is InChI=1S/C19H17F2N3O2/c1-24(9-12-5-6-16-17(7-12)26-11-25-16)10-13-8-22-23-19(13)18-14(20)3-2-4-15(18)21/h2-8H,9-11H2,1H3,(H,22,23). The second-order valence-corrected chi connectivity index (χ2v) is 6.23. The second kappa shape index (κ2) is 6.76. The van der Waals surface area contributed by atoms with E-state index in [0.717, 1.165) is 22.6 Å². The van der Waals surface area contributed by atoms with Gasteiger partial charge in [-0.25, -0.2) is 8.78 Å². The van der Waals surface area contributed by atoms with Gasteiger partial charge in [-0.2, -0.15) is 5.10 Å². The Morgan fingerprint density at radius 2 is 1.85 bits per heavy atom. The molecule has 0 unspecified atom stereocenters. The molecule has 26 heavy (non-hydrogen) atoms. The van der Waals surface area contributed by atoms with Gasteiger partial charge >= 0.3 is 0 Å². The lowest BCUT2D eigenvalue weighted by molar-refractivity contribution is 0.174. The fraction of sp³-hybridized carbons (Fsp3) is 0.211. The number of benzene rings is 2. The zero-order valence-corrected chi connectivity index (χ0v) is 14.1. The molecule has 2 heterocycles. The lowest BCUT2D eigenvalue weighted by Gasteiger charge is -2.17. The van der Waals surface area contributed by atoms with Crippen molar-refractivity contribution < 1.29 is 18.3 Å². The summed E-state index contributed by atoms with van der Waals surface area (Å²) in [4.78, 5) is 2.03. The molecule has 134 valence electrons. The van der Waals surface area contributed by atoms with Gasteiger partial charge in [-0.05, 0) is 36.9 Å². The van der Waals surface area contributed by atoms with Crippen LogP contribution in [0.25, 0.3) is 11.3 Å². The predicted molar refractivity (Wildman–Crippen MR) is 91.7 cm³/mol. The summed E-state index contributed by atoms with van der Waals surface area (Å²) in [7, 11) is 1.93. The van der Waals surface area contributed by atoms with Crippen LogP contribution in [0.4, 0.5) is 8.78 Å². The van der Waals surface area contributed by atoms with Crippen LogP contribution in [-0.2, 0) is 13.1 Å². The van der Waals surface area contributed by atoms with Crippen LogP contribution in [0.2, 0.25) is 0 Å². The highest BCUT2D eigenvalue weighted by Crippen LogP contribution is 2.33. The molecular weight excluding hydrogens is 340 g/mol. The van der Waals surface area contributed by atoms with E-state index in [9.17, 15) is 8.78 Å². The fourth-order valence-electron chi connectivity index (χ4n) is 3.08. The molecule has 1 N–H and O–H groups in total. The summed E-state index contributed by atoms with van der Waals surface area (Å²) in [5.74, 6) is 0.236. The highest BCUT2D eigenvalue weighted by Gasteiger charge is 2.18. The van der Waals surface area contributed by atoms with Crippen LogP contribution in [0.5, 0.6) is 11.5 Å². The summed E-state index contributed by atoms with van der Waals surface area (Å²) < 4.78 is 38.9. The summed E-state index contributed by atoms with van der Waals surface area (Å²) in [6.07, 6.45) is 1.59. The highest BCUT2D eigenvalue weighted by molar-refractivity contribution is 5.64. The van der Waals surface area contributed by atoms with E-state index in [1.54, 1.807) is 6.20 Å². The van der Waals surface area contributed by atoms with E-state index in [2.05, 4.69) is 10.2 Å². The van der Waals surface area contributed by atoms with E-state index in [0.29, 0.717) is 18.8 Å². The Bertz CT molecular complexity index is 922. The van der Waals surface area contributed by atoms with Crippen molar-refractivity contribution in [2.24, 2.45) is 0 Å². The second-order valence-electron chi connectivity index (χ2n) is 6.23. The lowest BCUT2D eigenvalue weighted by Crippen LogP contribution is -2.17. The van der Waals surface area contributed by atoms with Crippen molar-refractivity contribution >= 4 is 0 Å². The zero-order chi connectivity index (χ0) is 18.1. The molecule has 0 aliphatic carbocycles. The summed E-state index contributed by atoms with van der Waals surface area (Å²) in [6, 6.07) is 9.60.